The minimum Gasteiger partial charge on any atom is -0.454 e. The van der Waals surface area contributed by atoms with E-state index in [4.69, 9.17) is 4.74 Å². The topological polar surface area (TPSA) is 80.8 Å². The van der Waals surface area contributed by atoms with E-state index in [9.17, 15) is 26.8 Å². The van der Waals surface area contributed by atoms with Gasteiger partial charge >= 0.3 is 5.97 Å². The van der Waals surface area contributed by atoms with E-state index < -0.39 is 40.0 Å². The van der Waals surface area contributed by atoms with E-state index >= 15 is 0 Å². The number of sulfonamides is 1. The lowest BCUT2D eigenvalue weighted by molar-refractivity contribution is 0.0474. The van der Waals surface area contributed by atoms with Crippen LogP contribution >= 0.6 is 0 Å². The molecular weight excluding hydrogens is 416 g/mol. The van der Waals surface area contributed by atoms with Gasteiger partial charge in [-0.25, -0.2) is 22.0 Å². The first-order valence-electron chi connectivity index (χ1n) is 9.46. The minimum absolute atomic E-state index is 0.0192. The Morgan fingerprint density at radius 2 is 1.63 bits per heavy atom. The lowest BCUT2D eigenvalue weighted by Gasteiger charge is -2.26. The summed E-state index contributed by atoms with van der Waals surface area (Å²) in [6.07, 6.45) is 2.54. The number of Topliss-reactive ketones (excluding diaryl/α,β-unsaturated/α-hetero) is 1. The average Bonchev–Trinajstić information content (AvgIpc) is 2.74. The Hall–Kier alpha value is -2.65. The van der Waals surface area contributed by atoms with E-state index in [2.05, 4.69) is 0 Å². The summed E-state index contributed by atoms with van der Waals surface area (Å²) in [6, 6.07) is 6.77. The third kappa shape index (κ3) is 4.73. The number of hydrogen-bond acceptors (Lipinski definition) is 5. The number of ketones is 1. The number of ether oxygens (including phenoxy) is 1. The largest absolute Gasteiger partial charge is 0.454 e. The number of benzene rings is 2. The molecule has 1 saturated heterocycles. The molecule has 0 bridgehead atoms. The predicted octanol–water partition coefficient (Wildman–Crippen LogP) is 3.49. The summed E-state index contributed by atoms with van der Waals surface area (Å²) in [4.78, 5) is 24.4. The quantitative estimate of drug-likeness (QED) is 0.511. The van der Waals surface area contributed by atoms with Gasteiger partial charge in [-0.3, -0.25) is 4.79 Å². The Morgan fingerprint density at radius 1 is 0.967 bits per heavy atom. The van der Waals surface area contributed by atoms with Crippen molar-refractivity contribution < 1.29 is 31.5 Å². The van der Waals surface area contributed by atoms with Crippen molar-refractivity contribution in [3.63, 3.8) is 0 Å². The molecule has 30 heavy (non-hydrogen) atoms. The lowest BCUT2D eigenvalue weighted by atomic mass is 10.1. The highest BCUT2D eigenvalue weighted by molar-refractivity contribution is 7.89. The summed E-state index contributed by atoms with van der Waals surface area (Å²) in [5.41, 5.74) is 0.336. The molecule has 1 aliphatic heterocycles. The Labute approximate surface area is 173 Å². The molecule has 160 valence electrons. The number of nitrogens with zero attached hydrogens (tertiary/aromatic N) is 1. The van der Waals surface area contributed by atoms with Crippen molar-refractivity contribution in [3.8, 4) is 0 Å². The van der Waals surface area contributed by atoms with Gasteiger partial charge in [0.25, 0.3) is 0 Å². The number of aryl methyl sites for hydroxylation is 1. The maximum Gasteiger partial charge on any atom is 0.338 e. The first-order valence-corrected chi connectivity index (χ1v) is 10.9. The van der Waals surface area contributed by atoms with Gasteiger partial charge in [0.1, 0.15) is 0 Å². The fourth-order valence-electron chi connectivity index (χ4n) is 3.22. The smallest absolute Gasteiger partial charge is 0.338 e. The number of esters is 1. The van der Waals surface area contributed by atoms with Gasteiger partial charge < -0.3 is 4.74 Å². The molecule has 2 aromatic rings. The number of carbonyl (C=O) groups is 2. The normalized spacial score (nSPS) is 15.0. The highest BCUT2D eigenvalue weighted by Crippen LogP contribution is 2.24. The van der Waals surface area contributed by atoms with Crippen LogP contribution in [-0.2, 0) is 14.8 Å². The van der Waals surface area contributed by atoms with E-state index in [1.54, 1.807) is 6.92 Å². The van der Waals surface area contributed by atoms with E-state index in [0.717, 1.165) is 37.5 Å². The average molecular weight is 437 g/mol. The fourth-order valence-corrected chi connectivity index (χ4v) is 4.98. The van der Waals surface area contributed by atoms with E-state index in [1.807, 2.05) is 0 Å². The molecule has 0 amide bonds. The highest BCUT2D eigenvalue weighted by Gasteiger charge is 2.28. The molecule has 6 nitrogen and oxygen atoms in total. The van der Waals surface area contributed by atoms with Crippen LogP contribution in [0.25, 0.3) is 0 Å². The Kier molecular flexibility index (Phi) is 6.62. The first kappa shape index (κ1) is 22.0. The van der Waals surface area contributed by atoms with Crippen LogP contribution in [0.15, 0.2) is 41.3 Å². The molecule has 0 spiro atoms. The van der Waals surface area contributed by atoms with Crippen LogP contribution in [0.2, 0.25) is 0 Å². The summed E-state index contributed by atoms with van der Waals surface area (Å²) in [6.45, 7) is 1.81. The molecule has 1 heterocycles. The molecule has 0 saturated carbocycles. The molecule has 0 radical (unpaired) electrons. The van der Waals surface area contributed by atoms with Crippen molar-refractivity contribution in [2.75, 3.05) is 19.7 Å². The van der Waals surface area contributed by atoms with Crippen molar-refractivity contribution in [2.45, 2.75) is 31.1 Å². The second kappa shape index (κ2) is 9.01. The molecule has 1 fully saturated rings. The Morgan fingerprint density at radius 3 is 2.30 bits per heavy atom. The van der Waals surface area contributed by atoms with Crippen molar-refractivity contribution in [1.82, 2.24) is 4.31 Å². The number of hydrogen-bond donors (Lipinski definition) is 0. The Bertz CT molecular complexity index is 1080. The van der Waals surface area contributed by atoms with Gasteiger partial charge in [0.2, 0.25) is 10.0 Å². The fraction of sp³-hybridized carbons (Fsp3) is 0.333. The van der Waals surface area contributed by atoms with Gasteiger partial charge in [-0.1, -0.05) is 12.5 Å². The van der Waals surface area contributed by atoms with E-state index in [0.29, 0.717) is 18.7 Å². The number of rotatable bonds is 6. The summed E-state index contributed by atoms with van der Waals surface area (Å²) in [5.74, 6) is -3.87. The molecule has 3 rings (SSSR count). The lowest BCUT2D eigenvalue weighted by Crippen LogP contribution is -2.36. The van der Waals surface area contributed by atoms with Gasteiger partial charge in [-0.2, -0.15) is 4.31 Å². The maximum absolute atomic E-state index is 13.3. The molecule has 0 unspecified atom stereocenters. The van der Waals surface area contributed by atoms with Crippen molar-refractivity contribution in [1.29, 1.82) is 0 Å². The van der Waals surface area contributed by atoms with Gasteiger partial charge in [-0.05, 0) is 55.7 Å². The molecule has 0 N–H and O–H groups in total. The van der Waals surface area contributed by atoms with Crippen LogP contribution in [0.5, 0.6) is 0 Å². The van der Waals surface area contributed by atoms with Crippen LogP contribution < -0.4 is 0 Å². The highest BCUT2D eigenvalue weighted by atomic mass is 32.2. The zero-order valence-corrected chi connectivity index (χ0v) is 17.2. The number of halogens is 2. The summed E-state index contributed by atoms with van der Waals surface area (Å²) >= 11 is 0. The first-order chi connectivity index (χ1) is 14.2. The van der Waals surface area contributed by atoms with E-state index in [1.165, 1.54) is 22.5 Å². The predicted molar refractivity (Wildman–Crippen MR) is 105 cm³/mol. The Balaban J connectivity index is 1.74. The van der Waals surface area contributed by atoms with Crippen molar-refractivity contribution in [2.24, 2.45) is 0 Å². The third-order valence-corrected chi connectivity index (χ3v) is 6.97. The molecule has 9 heteroatoms. The second-order valence-corrected chi connectivity index (χ2v) is 8.98. The third-order valence-electron chi connectivity index (χ3n) is 4.93. The van der Waals surface area contributed by atoms with E-state index in [-0.39, 0.29) is 16.0 Å². The van der Waals surface area contributed by atoms with Crippen molar-refractivity contribution in [3.05, 3.63) is 64.7 Å². The monoisotopic (exact) mass is 437 g/mol. The number of carbonyl (C=O) groups excluding carboxylic acids is 2. The SMILES string of the molecule is Cc1ccc(C(=O)OCC(=O)c2ccc(F)c(F)c2)cc1S(=O)(=O)N1CCCCC1. The molecular formula is C21H21F2NO5S. The summed E-state index contributed by atoms with van der Waals surface area (Å²) < 4.78 is 58.5. The second-order valence-electron chi connectivity index (χ2n) is 7.07. The van der Waals surface area contributed by atoms with Gasteiger partial charge in [0.15, 0.2) is 24.0 Å². The molecule has 0 aliphatic carbocycles. The molecule has 0 atom stereocenters. The van der Waals surface area contributed by atoms with Gasteiger partial charge in [0.05, 0.1) is 10.5 Å². The zero-order chi connectivity index (χ0) is 21.9. The summed E-state index contributed by atoms with van der Waals surface area (Å²) in [5, 5.41) is 0. The molecule has 1 aliphatic rings. The van der Waals surface area contributed by atoms with Crippen LogP contribution in [-0.4, -0.2) is 44.2 Å². The zero-order valence-electron chi connectivity index (χ0n) is 16.4. The number of piperidine rings is 1. The van der Waals surface area contributed by atoms with Crippen LogP contribution in [0.1, 0.15) is 45.5 Å². The van der Waals surface area contributed by atoms with Gasteiger partial charge in [-0.15, -0.1) is 0 Å². The summed E-state index contributed by atoms with van der Waals surface area (Å²) in [7, 11) is -3.75. The molecule has 0 aromatic heterocycles. The minimum atomic E-state index is -3.75. The van der Waals surface area contributed by atoms with Crippen LogP contribution in [0.3, 0.4) is 0 Å². The van der Waals surface area contributed by atoms with Crippen LogP contribution in [0, 0.1) is 18.6 Å². The molecule has 2 aromatic carbocycles. The van der Waals surface area contributed by atoms with Crippen molar-refractivity contribution >= 4 is 21.8 Å². The maximum atomic E-state index is 13.3. The van der Waals surface area contributed by atoms with Crippen LogP contribution in [0.4, 0.5) is 8.78 Å². The standard InChI is InChI=1S/C21H21F2NO5S/c1-14-5-6-16(12-20(14)30(27,28)24-9-3-2-4-10-24)21(26)29-13-19(25)15-7-8-17(22)18(23)11-15/h5-8,11-12H,2-4,9-10,13H2,1H3. The van der Waals surface area contributed by atoms with Gasteiger partial charge in [0, 0.05) is 18.7 Å².